The van der Waals surface area contributed by atoms with Crippen molar-refractivity contribution in [3.05, 3.63) is 34.4 Å². The van der Waals surface area contributed by atoms with Crippen LogP contribution in [-0.4, -0.2) is 18.2 Å². The number of halogens is 1. The number of rotatable bonds is 4. The fraction of sp³-hybridized carbons (Fsp3) is 0.429. The van der Waals surface area contributed by atoms with Gasteiger partial charge in [0.05, 0.1) is 0 Å². The van der Waals surface area contributed by atoms with E-state index in [-0.39, 0.29) is 0 Å². The SMILES string of the molecule is CNCCc1cc2cc(Br)ccc2n1C(C)C. The first kappa shape index (κ1) is 12.7. The number of likely N-dealkylation sites (N-methyl/N-ethyl adjacent to an activating group) is 1. The van der Waals surface area contributed by atoms with Gasteiger partial charge in [-0.2, -0.15) is 0 Å². The van der Waals surface area contributed by atoms with Gasteiger partial charge in [0.15, 0.2) is 0 Å². The molecule has 17 heavy (non-hydrogen) atoms. The van der Waals surface area contributed by atoms with Crippen LogP contribution in [0.4, 0.5) is 0 Å². The molecule has 3 heteroatoms. The highest BCUT2D eigenvalue weighted by molar-refractivity contribution is 9.10. The second kappa shape index (κ2) is 5.23. The molecule has 0 saturated heterocycles. The summed E-state index contributed by atoms with van der Waals surface area (Å²) in [4.78, 5) is 0. The summed E-state index contributed by atoms with van der Waals surface area (Å²) in [5.74, 6) is 0. The van der Waals surface area contributed by atoms with E-state index in [9.17, 15) is 0 Å². The van der Waals surface area contributed by atoms with Gasteiger partial charge in [0.1, 0.15) is 0 Å². The third kappa shape index (κ3) is 2.55. The molecule has 0 atom stereocenters. The van der Waals surface area contributed by atoms with Crippen molar-refractivity contribution in [2.75, 3.05) is 13.6 Å². The van der Waals surface area contributed by atoms with E-state index in [0.29, 0.717) is 6.04 Å². The highest BCUT2D eigenvalue weighted by Crippen LogP contribution is 2.27. The van der Waals surface area contributed by atoms with Gasteiger partial charge in [-0.15, -0.1) is 0 Å². The summed E-state index contributed by atoms with van der Waals surface area (Å²) in [6.45, 7) is 5.50. The molecule has 1 aromatic carbocycles. The number of nitrogens with one attached hydrogen (secondary N) is 1. The van der Waals surface area contributed by atoms with Gasteiger partial charge in [-0.1, -0.05) is 15.9 Å². The minimum atomic E-state index is 0.500. The van der Waals surface area contributed by atoms with Crippen LogP contribution in [0.3, 0.4) is 0 Å². The predicted molar refractivity (Wildman–Crippen MR) is 77.7 cm³/mol. The molecule has 0 amide bonds. The van der Waals surface area contributed by atoms with Crippen LogP contribution in [0, 0.1) is 0 Å². The first-order valence-corrected chi connectivity index (χ1v) is 6.86. The molecule has 0 aliphatic rings. The van der Waals surface area contributed by atoms with Crippen molar-refractivity contribution < 1.29 is 0 Å². The van der Waals surface area contributed by atoms with Crippen LogP contribution in [0.1, 0.15) is 25.6 Å². The van der Waals surface area contributed by atoms with Gasteiger partial charge in [0, 0.05) is 40.1 Å². The molecule has 1 heterocycles. The highest BCUT2D eigenvalue weighted by Gasteiger charge is 2.11. The average molecular weight is 295 g/mol. The highest BCUT2D eigenvalue weighted by atomic mass is 79.9. The standard InChI is InChI=1S/C14H19BrN2/c1-10(2)17-13(6-7-16-3)9-11-8-12(15)4-5-14(11)17/h4-5,8-10,16H,6-7H2,1-3H3. The fourth-order valence-corrected chi connectivity index (χ4v) is 2.70. The topological polar surface area (TPSA) is 17.0 Å². The Balaban J connectivity index is 2.53. The van der Waals surface area contributed by atoms with Gasteiger partial charge in [-0.05, 0) is 45.2 Å². The van der Waals surface area contributed by atoms with E-state index in [0.717, 1.165) is 17.4 Å². The maximum atomic E-state index is 3.53. The number of hydrogen-bond acceptors (Lipinski definition) is 1. The van der Waals surface area contributed by atoms with Crippen molar-refractivity contribution in [1.29, 1.82) is 0 Å². The van der Waals surface area contributed by atoms with Crippen LogP contribution >= 0.6 is 15.9 Å². The lowest BCUT2D eigenvalue weighted by Crippen LogP contribution is -2.14. The van der Waals surface area contributed by atoms with Gasteiger partial charge >= 0.3 is 0 Å². The zero-order valence-electron chi connectivity index (χ0n) is 10.6. The Bertz CT molecular complexity index is 514. The molecule has 2 rings (SSSR count). The monoisotopic (exact) mass is 294 g/mol. The lowest BCUT2D eigenvalue weighted by Gasteiger charge is -2.14. The lowest BCUT2D eigenvalue weighted by atomic mass is 10.2. The summed E-state index contributed by atoms with van der Waals surface area (Å²) in [7, 11) is 2.00. The first-order chi connectivity index (χ1) is 8.13. The number of benzene rings is 1. The maximum Gasteiger partial charge on any atom is 0.0485 e. The summed E-state index contributed by atoms with van der Waals surface area (Å²) in [5.41, 5.74) is 2.73. The van der Waals surface area contributed by atoms with E-state index < -0.39 is 0 Å². The van der Waals surface area contributed by atoms with E-state index in [1.165, 1.54) is 16.6 Å². The van der Waals surface area contributed by atoms with Crippen LogP contribution in [0.5, 0.6) is 0 Å². The molecule has 92 valence electrons. The molecule has 0 aliphatic carbocycles. The zero-order valence-corrected chi connectivity index (χ0v) is 12.2. The summed E-state index contributed by atoms with van der Waals surface area (Å²) in [5, 5.41) is 4.53. The second-order valence-electron chi connectivity index (χ2n) is 4.66. The first-order valence-electron chi connectivity index (χ1n) is 6.07. The summed E-state index contributed by atoms with van der Waals surface area (Å²) >= 11 is 3.53. The molecule has 1 aromatic heterocycles. The molecule has 0 saturated carbocycles. The van der Waals surface area contributed by atoms with Crippen LogP contribution in [0.15, 0.2) is 28.7 Å². The number of fused-ring (bicyclic) bond motifs is 1. The third-order valence-corrected chi connectivity index (χ3v) is 3.52. The number of aromatic nitrogens is 1. The minimum absolute atomic E-state index is 0.500. The molecule has 0 aliphatic heterocycles. The van der Waals surface area contributed by atoms with E-state index in [4.69, 9.17) is 0 Å². The van der Waals surface area contributed by atoms with Gasteiger partial charge in [0.25, 0.3) is 0 Å². The molecule has 0 spiro atoms. The Morgan fingerprint density at radius 2 is 2.06 bits per heavy atom. The van der Waals surface area contributed by atoms with Gasteiger partial charge < -0.3 is 9.88 Å². The molecule has 2 nitrogen and oxygen atoms in total. The van der Waals surface area contributed by atoms with Crippen molar-refractivity contribution in [3.8, 4) is 0 Å². The molecule has 0 fully saturated rings. The Hall–Kier alpha value is -0.800. The molecular weight excluding hydrogens is 276 g/mol. The molecule has 0 bridgehead atoms. The molecule has 2 aromatic rings. The van der Waals surface area contributed by atoms with Gasteiger partial charge in [-0.3, -0.25) is 0 Å². The van der Waals surface area contributed by atoms with Crippen molar-refractivity contribution in [1.82, 2.24) is 9.88 Å². The third-order valence-electron chi connectivity index (χ3n) is 3.03. The number of hydrogen-bond donors (Lipinski definition) is 1. The van der Waals surface area contributed by atoms with E-state index >= 15 is 0 Å². The molecule has 0 radical (unpaired) electrons. The second-order valence-corrected chi connectivity index (χ2v) is 5.57. The Morgan fingerprint density at radius 1 is 1.29 bits per heavy atom. The van der Waals surface area contributed by atoms with Crippen LogP contribution in [-0.2, 0) is 6.42 Å². The van der Waals surface area contributed by atoms with Gasteiger partial charge in [0.2, 0.25) is 0 Å². The quantitative estimate of drug-likeness (QED) is 0.909. The van der Waals surface area contributed by atoms with Gasteiger partial charge in [-0.25, -0.2) is 0 Å². The van der Waals surface area contributed by atoms with Crippen LogP contribution in [0.2, 0.25) is 0 Å². The Morgan fingerprint density at radius 3 is 2.71 bits per heavy atom. The van der Waals surface area contributed by atoms with Crippen molar-refractivity contribution in [3.63, 3.8) is 0 Å². The fourth-order valence-electron chi connectivity index (χ4n) is 2.32. The molecular formula is C14H19BrN2. The van der Waals surface area contributed by atoms with Crippen molar-refractivity contribution >= 4 is 26.8 Å². The Labute approximate surface area is 111 Å². The van der Waals surface area contributed by atoms with Crippen LogP contribution in [0.25, 0.3) is 10.9 Å². The predicted octanol–water partition coefficient (Wildman–Crippen LogP) is 3.75. The van der Waals surface area contributed by atoms with E-state index in [2.05, 4.69) is 63.9 Å². The summed E-state index contributed by atoms with van der Waals surface area (Å²) in [6, 6.07) is 9.31. The smallest absolute Gasteiger partial charge is 0.0485 e. The van der Waals surface area contributed by atoms with Crippen molar-refractivity contribution in [2.45, 2.75) is 26.3 Å². The zero-order chi connectivity index (χ0) is 12.4. The number of nitrogens with zero attached hydrogens (tertiary/aromatic N) is 1. The van der Waals surface area contributed by atoms with E-state index in [1.54, 1.807) is 0 Å². The largest absolute Gasteiger partial charge is 0.342 e. The Kier molecular flexibility index (Phi) is 3.89. The van der Waals surface area contributed by atoms with Crippen molar-refractivity contribution in [2.24, 2.45) is 0 Å². The molecule has 0 unspecified atom stereocenters. The normalized spacial score (nSPS) is 11.6. The lowest BCUT2D eigenvalue weighted by molar-refractivity contribution is 0.587. The molecule has 1 N–H and O–H groups in total. The summed E-state index contributed by atoms with van der Waals surface area (Å²) in [6.07, 6.45) is 1.07. The average Bonchev–Trinajstić information content (AvgIpc) is 2.63. The minimum Gasteiger partial charge on any atom is -0.342 e. The van der Waals surface area contributed by atoms with E-state index in [1.807, 2.05) is 7.05 Å². The summed E-state index contributed by atoms with van der Waals surface area (Å²) < 4.78 is 3.57. The van der Waals surface area contributed by atoms with Crippen LogP contribution < -0.4 is 5.32 Å². The maximum absolute atomic E-state index is 3.53.